The summed E-state index contributed by atoms with van der Waals surface area (Å²) in [7, 11) is 0. The molecule has 1 aromatic heterocycles. The number of ketones is 1. The number of amides is 1. The molecule has 3 heterocycles. The largest absolute Gasteiger partial charge is 0.330 e. The number of piperidine rings is 1. The van der Waals surface area contributed by atoms with Crippen molar-refractivity contribution in [3.8, 4) is 0 Å². The SMILES string of the molecule is CC(=O)c1cnc2n1CCN(C(=O)/C=C/CN1CCCCC1)C2.CCc1ccccc1Cl. The molecule has 6 nitrogen and oxygen atoms in total. The topological polar surface area (TPSA) is 58.4 Å². The van der Waals surface area contributed by atoms with Gasteiger partial charge in [0.2, 0.25) is 5.91 Å². The highest BCUT2D eigenvalue weighted by Gasteiger charge is 2.23. The second-order valence-corrected chi connectivity index (χ2v) is 8.64. The minimum atomic E-state index is 0.0185. The molecular formula is C25H33ClN4O2. The molecule has 0 atom stereocenters. The molecular weight excluding hydrogens is 424 g/mol. The summed E-state index contributed by atoms with van der Waals surface area (Å²) < 4.78 is 1.92. The molecule has 0 radical (unpaired) electrons. The zero-order chi connectivity index (χ0) is 22.9. The Balaban J connectivity index is 0.000000269. The Bertz CT molecular complexity index is 947. The van der Waals surface area contributed by atoms with Crippen LogP contribution < -0.4 is 0 Å². The number of carbonyl (C=O) groups excluding carboxylic acids is 2. The number of fused-ring (bicyclic) bond motifs is 1. The molecule has 7 heteroatoms. The Kier molecular flexibility index (Phi) is 9.06. The highest BCUT2D eigenvalue weighted by Crippen LogP contribution is 2.16. The minimum absolute atomic E-state index is 0.0185. The van der Waals surface area contributed by atoms with Crippen molar-refractivity contribution in [1.82, 2.24) is 19.4 Å². The van der Waals surface area contributed by atoms with Crippen molar-refractivity contribution in [1.29, 1.82) is 0 Å². The van der Waals surface area contributed by atoms with E-state index in [0.29, 0.717) is 25.3 Å². The van der Waals surface area contributed by atoms with E-state index in [1.165, 1.54) is 24.8 Å². The number of benzene rings is 1. The number of aromatic nitrogens is 2. The molecule has 1 aromatic carbocycles. The van der Waals surface area contributed by atoms with Crippen LogP contribution in [0.3, 0.4) is 0 Å². The summed E-state index contributed by atoms with van der Waals surface area (Å²) >= 11 is 5.82. The van der Waals surface area contributed by atoms with Crippen LogP contribution in [0.25, 0.3) is 0 Å². The summed E-state index contributed by atoms with van der Waals surface area (Å²) in [5.74, 6) is 0.838. The van der Waals surface area contributed by atoms with Gasteiger partial charge in [0.15, 0.2) is 5.78 Å². The minimum Gasteiger partial charge on any atom is -0.330 e. The van der Waals surface area contributed by atoms with E-state index in [1.54, 1.807) is 24.1 Å². The zero-order valence-corrected chi connectivity index (χ0v) is 19.9. The fourth-order valence-corrected chi connectivity index (χ4v) is 4.33. The monoisotopic (exact) mass is 456 g/mol. The average Bonchev–Trinajstić information content (AvgIpc) is 3.24. The Labute approximate surface area is 195 Å². The Morgan fingerprint density at radius 3 is 2.50 bits per heavy atom. The fourth-order valence-electron chi connectivity index (χ4n) is 4.06. The first kappa shape index (κ1) is 24.2. The molecule has 0 spiro atoms. The number of carbonyl (C=O) groups is 2. The number of hydrogen-bond acceptors (Lipinski definition) is 4. The third-order valence-electron chi connectivity index (χ3n) is 5.95. The molecule has 4 rings (SSSR count). The number of rotatable bonds is 5. The van der Waals surface area contributed by atoms with Crippen LogP contribution in [-0.4, -0.2) is 57.2 Å². The second kappa shape index (κ2) is 12.0. The van der Waals surface area contributed by atoms with Gasteiger partial charge in [-0.05, 0) is 44.0 Å². The number of Topliss-reactive ketones (excluding diaryl/α,β-unsaturated/α-hetero) is 1. The summed E-state index contributed by atoms with van der Waals surface area (Å²) in [4.78, 5) is 32.3. The van der Waals surface area contributed by atoms with Crippen molar-refractivity contribution in [2.24, 2.45) is 0 Å². The van der Waals surface area contributed by atoms with E-state index in [-0.39, 0.29) is 11.7 Å². The van der Waals surface area contributed by atoms with Gasteiger partial charge in [-0.2, -0.15) is 0 Å². The van der Waals surface area contributed by atoms with E-state index in [4.69, 9.17) is 11.6 Å². The average molecular weight is 457 g/mol. The van der Waals surface area contributed by atoms with Crippen LogP contribution in [0, 0.1) is 0 Å². The van der Waals surface area contributed by atoms with Gasteiger partial charge >= 0.3 is 0 Å². The lowest BCUT2D eigenvalue weighted by Gasteiger charge is -2.28. The second-order valence-electron chi connectivity index (χ2n) is 8.24. The number of nitrogens with zero attached hydrogens (tertiary/aromatic N) is 4. The number of halogens is 1. The lowest BCUT2D eigenvalue weighted by Crippen LogP contribution is -2.38. The summed E-state index contributed by atoms with van der Waals surface area (Å²) in [6, 6.07) is 7.91. The highest BCUT2D eigenvalue weighted by molar-refractivity contribution is 6.31. The van der Waals surface area contributed by atoms with Crippen LogP contribution in [0.1, 0.15) is 55.0 Å². The van der Waals surface area contributed by atoms with Crippen LogP contribution in [-0.2, 0) is 24.3 Å². The summed E-state index contributed by atoms with van der Waals surface area (Å²) in [5, 5.41) is 0.875. The smallest absolute Gasteiger partial charge is 0.246 e. The van der Waals surface area contributed by atoms with Crippen LogP contribution in [0.5, 0.6) is 0 Å². The predicted octanol–water partition coefficient (Wildman–Crippen LogP) is 4.37. The first-order chi connectivity index (χ1) is 15.5. The molecule has 0 bridgehead atoms. The molecule has 0 unspecified atom stereocenters. The molecule has 32 heavy (non-hydrogen) atoms. The van der Waals surface area contributed by atoms with Crippen LogP contribution >= 0.6 is 11.6 Å². The maximum atomic E-state index is 12.3. The lowest BCUT2D eigenvalue weighted by molar-refractivity contribution is -0.127. The third-order valence-corrected chi connectivity index (χ3v) is 6.32. The third kappa shape index (κ3) is 6.53. The standard InChI is InChI=1S/C17H24N4O2.C8H9Cl/c1-14(22)15-12-18-16-13-20(10-11-21(15)16)17(23)6-5-9-19-7-3-2-4-8-19;1-2-7-5-3-4-6-8(7)9/h5-6,12H,2-4,7-11,13H2,1H3;3-6H,2H2,1H3/b6-5+;. The quantitative estimate of drug-likeness (QED) is 0.495. The van der Waals surface area contributed by atoms with E-state index in [1.807, 2.05) is 34.9 Å². The maximum Gasteiger partial charge on any atom is 0.246 e. The van der Waals surface area contributed by atoms with Crippen molar-refractivity contribution < 1.29 is 9.59 Å². The van der Waals surface area contributed by atoms with Gasteiger partial charge in [0.25, 0.3) is 0 Å². The van der Waals surface area contributed by atoms with E-state index < -0.39 is 0 Å². The van der Waals surface area contributed by atoms with Gasteiger partial charge in [0.1, 0.15) is 11.5 Å². The van der Waals surface area contributed by atoms with Crippen LogP contribution in [0.2, 0.25) is 5.02 Å². The number of imidazole rings is 1. The van der Waals surface area contributed by atoms with E-state index >= 15 is 0 Å². The summed E-state index contributed by atoms with van der Waals surface area (Å²) in [6.45, 7) is 8.49. The van der Waals surface area contributed by atoms with Gasteiger partial charge in [-0.1, -0.05) is 49.2 Å². The molecule has 0 N–H and O–H groups in total. The maximum absolute atomic E-state index is 12.3. The number of likely N-dealkylation sites (tertiary alicyclic amines) is 1. The summed E-state index contributed by atoms with van der Waals surface area (Å²) in [6.07, 6.45) is 10.1. The molecule has 172 valence electrons. The van der Waals surface area contributed by atoms with Gasteiger partial charge in [0.05, 0.1) is 12.7 Å². The lowest BCUT2D eigenvalue weighted by atomic mass is 10.1. The van der Waals surface area contributed by atoms with E-state index in [9.17, 15) is 9.59 Å². The molecule has 2 aliphatic heterocycles. The van der Waals surface area contributed by atoms with Gasteiger partial charge in [-0.3, -0.25) is 14.5 Å². The summed E-state index contributed by atoms with van der Waals surface area (Å²) in [5.41, 5.74) is 1.85. The van der Waals surface area contributed by atoms with Gasteiger partial charge < -0.3 is 9.47 Å². The molecule has 1 fully saturated rings. The van der Waals surface area contributed by atoms with Crippen LogP contribution in [0.15, 0.2) is 42.6 Å². The van der Waals surface area contributed by atoms with Crippen molar-refractivity contribution >= 4 is 23.3 Å². The van der Waals surface area contributed by atoms with E-state index in [2.05, 4.69) is 16.8 Å². The zero-order valence-electron chi connectivity index (χ0n) is 19.1. The first-order valence-corrected chi connectivity index (χ1v) is 11.8. The Morgan fingerprint density at radius 1 is 1.09 bits per heavy atom. The fraction of sp³-hybridized carbons (Fsp3) is 0.480. The Hall–Kier alpha value is -2.44. The Morgan fingerprint density at radius 2 is 1.84 bits per heavy atom. The highest BCUT2D eigenvalue weighted by atomic mass is 35.5. The molecule has 0 aliphatic carbocycles. The van der Waals surface area contributed by atoms with E-state index in [0.717, 1.165) is 36.9 Å². The molecule has 0 saturated carbocycles. The normalized spacial score (nSPS) is 16.4. The molecule has 1 saturated heterocycles. The van der Waals surface area contributed by atoms with Gasteiger partial charge in [-0.15, -0.1) is 0 Å². The number of hydrogen-bond donors (Lipinski definition) is 0. The predicted molar refractivity (Wildman–Crippen MR) is 128 cm³/mol. The van der Waals surface area contributed by atoms with Crippen molar-refractivity contribution in [2.45, 2.75) is 52.6 Å². The van der Waals surface area contributed by atoms with Gasteiger partial charge in [0, 0.05) is 37.7 Å². The van der Waals surface area contributed by atoms with Gasteiger partial charge in [-0.25, -0.2) is 4.98 Å². The number of aryl methyl sites for hydroxylation is 1. The van der Waals surface area contributed by atoms with Crippen molar-refractivity contribution in [3.63, 3.8) is 0 Å². The molecule has 2 aromatic rings. The molecule has 1 amide bonds. The molecule has 2 aliphatic rings. The van der Waals surface area contributed by atoms with Crippen molar-refractivity contribution in [2.75, 3.05) is 26.2 Å². The van der Waals surface area contributed by atoms with Crippen molar-refractivity contribution in [3.05, 3.63) is 64.7 Å². The first-order valence-electron chi connectivity index (χ1n) is 11.5. The van der Waals surface area contributed by atoms with Crippen LogP contribution in [0.4, 0.5) is 0 Å².